The summed E-state index contributed by atoms with van der Waals surface area (Å²) in [7, 11) is 0. The van der Waals surface area contributed by atoms with E-state index in [4.69, 9.17) is 9.47 Å². The molecule has 0 radical (unpaired) electrons. The minimum absolute atomic E-state index is 0.150. The molecule has 1 spiro atoms. The first-order valence-corrected chi connectivity index (χ1v) is 11.8. The zero-order chi connectivity index (χ0) is 22.1. The molecule has 2 heterocycles. The van der Waals surface area contributed by atoms with Crippen LogP contribution in [-0.4, -0.2) is 37.0 Å². The van der Waals surface area contributed by atoms with Gasteiger partial charge in [0.15, 0.2) is 5.79 Å². The Hall–Kier alpha value is -1.68. The summed E-state index contributed by atoms with van der Waals surface area (Å²) >= 11 is 0. The first-order valence-electron chi connectivity index (χ1n) is 11.8. The number of morpholine rings is 1. The van der Waals surface area contributed by atoms with E-state index in [0.29, 0.717) is 5.92 Å². The van der Waals surface area contributed by atoms with Gasteiger partial charge in [0.25, 0.3) is 0 Å². The molecule has 0 aromatic heterocycles. The van der Waals surface area contributed by atoms with Crippen molar-refractivity contribution in [3.63, 3.8) is 0 Å². The lowest BCUT2D eigenvalue weighted by Gasteiger charge is -2.47. The van der Waals surface area contributed by atoms with Gasteiger partial charge in [-0.15, -0.1) is 0 Å². The van der Waals surface area contributed by atoms with Crippen molar-refractivity contribution in [1.29, 1.82) is 0 Å². The number of hydrogen-bond donors (Lipinski definition) is 0. The highest BCUT2D eigenvalue weighted by molar-refractivity contribution is 5.30. The third kappa shape index (κ3) is 5.32. The van der Waals surface area contributed by atoms with Crippen LogP contribution in [0.1, 0.15) is 75.3 Å². The predicted octanol–water partition coefficient (Wildman–Crippen LogP) is 6.65. The van der Waals surface area contributed by atoms with Gasteiger partial charge in [0.1, 0.15) is 0 Å². The molecule has 0 aliphatic carbocycles. The van der Waals surface area contributed by atoms with Gasteiger partial charge in [0.05, 0.1) is 19.3 Å². The minimum atomic E-state index is -0.544. The molecule has 0 bridgehead atoms. The smallest absolute Gasteiger partial charge is 0.188 e. The summed E-state index contributed by atoms with van der Waals surface area (Å²) in [5.41, 5.74) is 5.25. The lowest BCUT2D eigenvalue weighted by Crippen LogP contribution is -2.53. The SMILES string of the molecule is CC.CC.CCN1CCOC2(CC(c3cccc(C)c3)CO2)C1c1ccc(C)cc1. The fourth-order valence-corrected chi connectivity index (χ4v) is 4.51. The van der Waals surface area contributed by atoms with Crippen LogP contribution in [0, 0.1) is 13.8 Å². The van der Waals surface area contributed by atoms with Crippen LogP contribution >= 0.6 is 0 Å². The molecule has 2 saturated heterocycles. The Balaban J connectivity index is 0.000000757. The summed E-state index contributed by atoms with van der Waals surface area (Å²) in [5, 5.41) is 0. The minimum Gasteiger partial charge on any atom is -0.347 e. The Morgan fingerprint density at radius 1 is 0.900 bits per heavy atom. The summed E-state index contributed by atoms with van der Waals surface area (Å²) in [4.78, 5) is 2.51. The van der Waals surface area contributed by atoms with E-state index in [1.807, 2.05) is 27.7 Å². The van der Waals surface area contributed by atoms with E-state index >= 15 is 0 Å². The Labute approximate surface area is 184 Å². The number of likely N-dealkylation sites (N-methyl/N-ethyl adjacent to an activating group) is 1. The van der Waals surface area contributed by atoms with Crippen LogP contribution in [-0.2, 0) is 9.47 Å². The third-order valence-corrected chi connectivity index (χ3v) is 5.88. The Morgan fingerprint density at radius 2 is 1.60 bits per heavy atom. The largest absolute Gasteiger partial charge is 0.347 e. The summed E-state index contributed by atoms with van der Waals surface area (Å²) in [5.74, 6) is -0.155. The van der Waals surface area contributed by atoms with Crippen LogP contribution in [0.3, 0.4) is 0 Å². The second-order valence-corrected chi connectivity index (χ2v) is 7.73. The van der Waals surface area contributed by atoms with Crippen molar-refractivity contribution in [2.75, 3.05) is 26.3 Å². The molecular formula is C27H41NO2. The van der Waals surface area contributed by atoms with E-state index in [0.717, 1.165) is 32.7 Å². The number of hydrogen-bond acceptors (Lipinski definition) is 3. The molecule has 3 unspecified atom stereocenters. The van der Waals surface area contributed by atoms with Crippen molar-refractivity contribution in [3.8, 4) is 0 Å². The molecule has 0 amide bonds. The first-order chi connectivity index (χ1) is 14.6. The van der Waals surface area contributed by atoms with Crippen LogP contribution in [0.25, 0.3) is 0 Å². The van der Waals surface area contributed by atoms with Gasteiger partial charge < -0.3 is 9.47 Å². The second kappa shape index (κ2) is 11.6. The third-order valence-electron chi connectivity index (χ3n) is 5.88. The van der Waals surface area contributed by atoms with E-state index in [1.54, 1.807) is 0 Å². The molecule has 2 aromatic carbocycles. The van der Waals surface area contributed by atoms with Crippen molar-refractivity contribution in [2.45, 2.75) is 72.6 Å². The van der Waals surface area contributed by atoms with Gasteiger partial charge in [-0.2, -0.15) is 0 Å². The molecule has 0 N–H and O–H groups in total. The van der Waals surface area contributed by atoms with Crippen molar-refractivity contribution in [1.82, 2.24) is 4.90 Å². The lowest BCUT2D eigenvalue weighted by atomic mass is 9.87. The molecule has 3 nitrogen and oxygen atoms in total. The van der Waals surface area contributed by atoms with Gasteiger partial charge >= 0.3 is 0 Å². The molecule has 2 aromatic rings. The van der Waals surface area contributed by atoms with E-state index < -0.39 is 5.79 Å². The lowest BCUT2D eigenvalue weighted by molar-refractivity contribution is -0.274. The molecule has 3 heteroatoms. The zero-order valence-electron chi connectivity index (χ0n) is 20.1. The fraction of sp³-hybridized carbons (Fsp3) is 0.556. The maximum absolute atomic E-state index is 6.45. The Kier molecular flexibility index (Phi) is 9.54. The normalized spacial score (nSPS) is 25.8. The van der Waals surface area contributed by atoms with Crippen LogP contribution in [0.4, 0.5) is 0 Å². The van der Waals surface area contributed by atoms with E-state index in [9.17, 15) is 0 Å². The van der Waals surface area contributed by atoms with E-state index in [2.05, 4.69) is 74.2 Å². The predicted molar refractivity (Wildman–Crippen MR) is 127 cm³/mol. The number of nitrogens with zero attached hydrogens (tertiary/aromatic N) is 1. The van der Waals surface area contributed by atoms with Crippen LogP contribution in [0.2, 0.25) is 0 Å². The molecule has 30 heavy (non-hydrogen) atoms. The molecule has 4 rings (SSSR count). The summed E-state index contributed by atoms with van der Waals surface area (Å²) in [6, 6.07) is 17.8. The molecule has 0 saturated carbocycles. The molecule has 166 valence electrons. The average molecular weight is 412 g/mol. The summed E-state index contributed by atoms with van der Waals surface area (Å²) in [6.45, 7) is 17.9. The highest BCUT2D eigenvalue weighted by Gasteiger charge is 2.52. The van der Waals surface area contributed by atoms with E-state index in [-0.39, 0.29) is 6.04 Å². The van der Waals surface area contributed by atoms with Gasteiger partial charge in [-0.3, -0.25) is 4.90 Å². The number of rotatable bonds is 3. The maximum Gasteiger partial charge on any atom is 0.188 e. The molecular weight excluding hydrogens is 370 g/mol. The van der Waals surface area contributed by atoms with Crippen LogP contribution in [0.15, 0.2) is 48.5 Å². The monoisotopic (exact) mass is 411 g/mol. The van der Waals surface area contributed by atoms with Gasteiger partial charge in [-0.05, 0) is 31.5 Å². The maximum atomic E-state index is 6.45. The molecule has 2 fully saturated rings. The highest BCUT2D eigenvalue weighted by Crippen LogP contribution is 2.48. The highest BCUT2D eigenvalue weighted by atomic mass is 16.7. The van der Waals surface area contributed by atoms with Crippen molar-refractivity contribution in [3.05, 3.63) is 70.8 Å². The Bertz CT molecular complexity index is 758. The average Bonchev–Trinajstić information content (AvgIpc) is 3.21. The molecule has 2 aliphatic heterocycles. The topological polar surface area (TPSA) is 21.7 Å². The molecule has 3 atom stereocenters. The number of benzene rings is 2. The van der Waals surface area contributed by atoms with Gasteiger partial charge in [0.2, 0.25) is 0 Å². The molecule has 2 aliphatic rings. The number of aryl methyl sites for hydroxylation is 2. The quantitative estimate of drug-likeness (QED) is 0.564. The van der Waals surface area contributed by atoms with Crippen LogP contribution in [0.5, 0.6) is 0 Å². The van der Waals surface area contributed by atoms with Gasteiger partial charge in [0, 0.05) is 18.9 Å². The van der Waals surface area contributed by atoms with Crippen molar-refractivity contribution in [2.24, 2.45) is 0 Å². The fourth-order valence-electron chi connectivity index (χ4n) is 4.51. The van der Waals surface area contributed by atoms with Gasteiger partial charge in [-0.1, -0.05) is 94.3 Å². The number of ether oxygens (including phenoxy) is 2. The second-order valence-electron chi connectivity index (χ2n) is 7.73. The summed E-state index contributed by atoms with van der Waals surface area (Å²) < 4.78 is 12.8. The first kappa shape index (κ1) is 24.6. The van der Waals surface area contributed by atoms with Gasteiger partial charge in [-0.25, -0.2) is 0 Å². The van der Waals surface area contributed by atoms with Crippen molar-refractivity contribution >= 4 is 0 Å². The van der Waals surface area contributed by atoms with Crippen molar-refractivity contribution < 1.29 is 9.47 Å². The summed E-state index contributed by atoms with van der Waals surface area (Å²) in [6.07, 6.45) is 0.908. The standard InChI is InChI=1S/C23H29NO2.2C2H6/c1-4-24-12-13-25-23(22(24)19-10-8-17(2)9-11-19)15-21(16-26-23)20-7-5-6-18(3)14-20;2*1-2/h5-11,14,21-22H,4,12-13,15-16H2,1-3H3;2*1-2H3. The van der Waals surface area contributed by atoms with E-state index in [1.165, 1.54) is 22.3 Å². The Morgan fingerprint density at radius 3 is 2.23 bits per heavy atom. The zero-order valence-corrected chi connectivity index (χ0v) is 20.1. The van der Waals surface area contributed by atoms with Crippen LogP contribution < -0.4 is 0 Å².